The van der Waals surface area contributed by atoms with Crippen LogP contribution < -0.4 is 9.60 Å². The third-order valence-corrected chi connectivity index (χ3v) is 8.13. The van der Waals surface area contributed by atoms with Crippen LogP contribution in [0.3, 0.4) is 0 Å². The molecule has 8 heteroatoms. The maximum absolute atomic E-state index is 13.2. The van der Waals surface area contributed by atoms with Crippen molar-refractivity contribution < 1.29 is 8.42 Å². The molecule has 0 fully saturated rings. The van der Waals surface area contributed by atoms with E-state index in [1.807, 2.05) is 50.2 Å². The van der Waals surface area contributed by atoms with Crippen LogP contribution in [0.25, 0.3) is 10.2 Å². The van der Waals surface area contributed by atoms with Gasteiger partial charge < -0.3 is 0 Å². The number of halogens is 1. The van der Waals surface area contributed by atoms with Crippen LogP contribution in [-0.4, -0.2) is 13.0 Å². The van der Waals surface area contributed by atoms with Crippen molar-refractivity contribution >= 4 is 48.9 Å². The fraction of sp³-hybridized carbons (Fsp3) is 0.208. The van der Waals surface area contributed by atoms with Gasteiger partial charge in [0.25, 0.3) is 10.0 Å². The van der Waals surface area contributed by atoms with Gasteiger partial charge in [0.1, 0.15) is 0 Å². The Balaban J connectivity index is 1.72. The average Bonchev–Trinajstić information content (AvgIpc) is 3.09. The van der Waals surface area contributed by atoms with Crippen molar-refractivity contribution in [1.29, 1.82) is 0 Å². The normalized spacial score (nSPS) is 11.7. The molecule has 5 nitrogen and oxygen atoms in total. The van der Waals surface area contributed by atoms with Gasteiger partial charge in [-0.05, 0) is 53.8 Å². The smallest absolute Gasteiger partial charge is 0.294 e. The Kier molecular flexibility index (Phi) is 6.42. The van der Waals surface area contributed by atoms with Crippen molar-refractivity contribution in [2.45, 2.75) is 38.1 Å². The second-order valence-corrected chi connectivity index (χ2v) is 10.5. The van der Waals surface area contributed by atoms with Crippen LogP contribution in [0.4, 0.5) is 5.69 Å². The maximum atomic E-state index is 13.2. The van der Waals surface area contributed by atoms with Crippen LogP contribution >= 0.6 is 22.9 Å². The second kappa shape index (κ2) is 9.10. The summed E-state index contributed by atoms with van der Waals surface area (Å²) in [5.41, 5.74) is 4.05. The molecule has 0 aliphatic heterocycles. The molecule has 0 spiro atoms. The number of nitrogens with zero attached hydrogens (tertiary/aromatic N) is 1. The minimum Gasteiger partial charge on any atom is -0.294 e. The molecule has 0 aliphatic carbocycles. The summed E-state index contributed by atoms with van der Waals surface area (Å²) in [6, 6.07) is 18.0. The Bertz CT molecular complexity index is 1430. The van der Waals surface area contributed by atoms with Gasteiger partial charge in [-0.1, -0.05) is 73.2 Å². The van der Waals surface area contributed by atoms with Gasteiger partial charge in [-0.2, -0.15) is 0 Å². The maximum Gasteiger partial charge on any atom is 0.308 e. The Hall–Kier alpha value is -2.61. The molecule has 4 aromatic rings. The number of nitrogens with one attached hydrogen (secondary N) is 1. The summed E-state index contributed by atoms with van der Waals surface area (Å²) in [5.74, 6) is 0. The van der Waals surface area contributed by atoms with E-state index in [0.29, 0.717) is 27.5 Å². The van der Waals surface area contributed by atoms with Gasteiger partial charge in [-0.15, -0.1) is 0 Å². The zero-order chi connectivity index (χ0) is 22.9. The molecule has 0 amide bonds. The fourth-order valence-electron chi connectivity index (χ4n) is 3.73. The molecule has 0 bridgehead atoms. The standard InChI is InChI=1S/C24H23ClN2O3S2/c1-3-16-9-7-10-17(4-2)23(16)26-32(29,30)19-12-13-21-22(14-19)31-24(28)27(21)15-18-8-5-6-11-20(18)25/h5-14,26H,3-4,15H2,1-2H3. The quantitative estimate of drug-likeness (QED) is 0.365. The van der Waals surface area contributed by atoms with Gasteiger partial charge in [0, 0.05) is 5.02 Å². The Morgan fingerprint density at radius 2 is 1.59 bits per heavy atom. The van der Waals surface area contributed by atoms with Crippen LogP contribution in [-0.2, 0) is 29.4 Å². The summed E-state index contributed by atoms with van der Waals surface area (Å²) in [4.78, 5) is 12.6. The summed E-state index contributed by atoms with van der Waals surface area (Å²) >= 11 is 7.28. The molecule has 0 saturated heterocycles. The summed E-state index contributed by atoms with van der Waals surface area (Å²) < 4.78 is 31.4. The number of thiazole rings is 1. The summed E-state index contributed by atoms with van der Waals surface area (Å²) in [6.07, 6.45) is 1.44. The minimum atomic E-state index is -3.81. The van der Waals surface area contributed by atoms with Crippen molar-refractivity contribution in [1.82, 2.24) is 4.57 Å². The van der Waals surface area contributed by atoms with Crippen LogP contribution in [0.5, 0.6) is 0 Å². The largest absolute Gasteiger partial charge is 0.308 e. The molecule has 32 heavy (non-hydrogen) atoms. The van der Waals surface area contributed by atoms with Gasteiger partial charge >= 0.3 is 4.87 Å². The monoisotopic (exact) mass is 486 g/mol. The topological polar surface area (TPSA) is 68.2 Å². The molecular formula is C24H23ClN2O3S2. The molecule has 1 heterocycles. The van der Waals surface area contributed by atoms with Crippen LogP contribution in [0.15, 0.2) is 70.4 Å². The van der Waals surface area contributed by atoms with E-state index in [4.69, 9.17) is 11.6 Å². The van der Waals surface area contributed by atoms with Crippen LogP contribution in [0.1, 0.15) is 30.5 Å². The molecule has 0 aliphatic rings. The Morgan fingerprint density at radius 1 is 0.938 bits per heavy atom. The first-order valence-corrected chi connectivity index (χ1v) is 13.0. The lowest BCUT2D eigenvalue weighted by Crippen LogP contribution is -2.16. The van der Waals surface area contributed by atoms with Crippen molar-refractivity contribution in [2.75, 3.05) is 4.72 Å². The molecule has 3 aromatic carbocycles. The number of anilines is 1. The number of hydrogen-bond acceptors (Lipinski definition) is 4. The predicted molar refractivity (Wildman–Crippen MR) is 133 cm³/mol. The number of rotatable bonds is 7. The van der Waals surface area contributed by atoms with E-state index in [-0.39, 0.29) is 9.77 Å². The van der Waals surface area contributed by atoms with E-state index in [0.717, 1.165) is 40.9 Å². The molecule has 0 saturated carbocycles. The first-order chi connectivity index (χ1) is 15.3. The molecule has 1 N–H and O–H groups in total. The molecule has 0 radical (unpaired) electrons. The van der Waals surface area contributed by atoms with E-state index in [1.54, 1.807) is 28.8 Å². The van der Waals surface area contributed by atoms with E-state index in [9.17, 15) is 13.2 Å². The number of hydrogen-bond donors (Lipinski definition) is 1. The summed E-state index contributed by atoms with van der Waals surface area (Å²) in [6.45, 7) is 4.32. The van der Waals surface area contributed by atoms with Crippen molar-refractivity contribution in [3.63, 3.8) is 0 Å². The summed E-state index contributed by atoms with van der Waals surface area (Å²) in [7, 11) is -3.81. The van der Waals surface area contributed by atoms with E-state index >= 15 is 0 Å². The van der Waals surface area contributed by atoms with Gasteiger partial charge in [0.15, 0.2) is 0 Å². The number of aromatic nitrogens is 1. The third-order valence-electron chi connectivity index (χ3n) is 5.47. The molecule has 166 valence electrons. The number of para-hydroxylation sites is 1. The number of aryl methyl sites for hydroxylation is 2. The molecule has 1 aromatic heterocycles. The van der Waals surface area contributed by atoms with E-state index in [1.165, 1.54) is 0 Å². The lowest BCUT2D eigenvalue weighted by Gasteiger charge is -2.16. The molecule has 0 atom stereocenters. The minimum absolute atomic E-state index is 0.129. The SMILES string of the molecule is CCc1cccc(CC)c1NS(=O)(=O)c1ccc2c(c1)sc(=O)n2Cc1ccccc1Cl. The highest BCUT2D eigenvalue weighted by Gasteiger charge is 2.20. The number of sulfonamides is 1. The van der Waals surface area contributed by atoms with E-state index < -0.39 is 10.0 Å². The first kappa shape index (κ1) is 22.6. The molecule has 0 unspecified atom stereocenters. The molecular weight excluding hydrogens is 464 g/mol. The first-order valence-electron chi connectivity index (χ1n) is 10.3. The zero-order valence-corrected chi connectivity index (χ0v) is 20.2. The Morgan fingerprint density at radius 3 is 2.25 bits per heavy atom. The third kappa shape index (κ3) is 4.33. The van der Waals surface area contributed by atoms with Crippen molar-refractivity contribution in [3.8, 4) is 0 Å². The lowest BCUT2D eigenvalue weighted by atomic mass is 10.0. The van der Waals surface area contributed by atoms with Gasteiger partial charge in [-0.25, -0.2) is 8.42 Å². The fourth-order valence-corrected chi connectivity index (χ4v) is 6.10. The highest BCUT2D eigenvalue weighted by atomic mass is 35.5. The Labute approximate surface area is 196 Å². The zero-order valence-electron chi connectivity index (χ0n) is 17.8. The molecule has 4 rings (SSSR count). The highest BCUT2D eigenvalue weighted by molar-refractivity contribution is 7.92. The average molecular weight is 487 g/mol. The van der Waals surface area contributed by atoms with Crippen molar-refractivity contribution in [2.24, 2.45) is 0 Å². The number of fused-ring (bicyclic) bond motifs is 1. The van der Waals surface area contributed by atoms with Gasteiger partial charge in [-0.3, -0.25) is 14.1 Å². The summed E-state index contributed by atoms with van der Waals surface area (Å²) in [5, 5.41) is 0.587. The van der Waals surface area contributed by atoms with Crippen LogP contribution in [0.2, 0.25) is 5.02 Å². The van der Waals surface area contributed by atoms with E-state index in [2.05, 4.69) is 4.72 Å². The number of benzene rings is 3. The van der Waals surface area contributed by atoms with Gasteiger partial charge in [0.05, 0.1) is 27.3 Å². The lowest BCUT2D eigenvalue weighted by molar-refractivity contribution is 0.601. The predicted octanol–water partition coefficient (Wildman–Crippen LogP) is 5.69. The highest BCUT2D eigenvalue weighted by Crippen LogP contribution is 2.28. The van der Waals surface area contributed by atoms with Gasteiger partial charge in [0.2, 0.25) is 0 Å². The van der Waals surface area contributed by atoms with Crippen LogP contribution in [0, 0.1) is 0 Å². The van der Waals surface area contributed by atoms with Crippen molar-refractivity contribution in [3.05, 3.63) is 92.0 Å². The second-order valence-electron chi connectivity index (χ2n) is 7.44.